The highest BCUT2D eigenvalue weighted by Gasteiger charge is 2.21. The Kier molecular flexibility index (Phi) is 4.71. The number of anilines is 1. The Balaban J connectivity index is 1.55. The van der Waals surface area contributed by atoms with Crippen molar-refractivity contribution in [3.05, 3.63) is 59.5 Å². The smallest absolute Gasteiger partial charge is 0.227 e. The molecule has 5 nitrogen and oxygen atoms in total. The lowest BCUT2D eigenvalue weighted by Crippen LogP contribution is -2.49. The first-order valence-electron chi connectivity index (χ1n) is 7.79. The van der Waals surface area contributed by atoms with Crippen LogP contribution in [0.4, 0.5) is 10.2 Å². The number of carbonyl (C=O) groups is 1. The highest BCUT2D eigenvalue weighted by Crippen LogP contribution is 2.15. The minimum atomic E-state index is -0.297. The number of hydrogen-bond donors (Lipinski definition) is 0. The highest BCUT2D eigenvalue weighted by molar-refractivity contribution is 5.79. The zero-order valence-corrected chi connectivity index (χ0v) is 13.2. The fraction of sp³-hybridized carbons (Fsp3) is 0.278. The van der Waals surface area contributed by atoms with E-state index < -0.39 is 0 Å². The Morgan fingerprint density at radius 2 is 1.83 bits per heavy atom. The van der Waals surface area contributed by atoms with Crippen molar-refractivity contribution in [3.63, 3.8) is 0 Å². The van der Waals surface area contributed by atoms with E-state index in [1.165, 1.54) is 12.1 Å². The van der Waals surface area contributed by atoms with E-state index in [4.69, 9.17) is 5.26 Å². The molecule has 6 heteroatoms. The number of piperazine rings is 1. The Labute approximate surface area is 139 Å². The monoisotopic (exact) mass is 324 g/mol. The first kappa shape index (κ1) is 15.9. The van der Waals surface area contributed by atoms with E-state index in [9.17, 15) is 9.18 Å². The molecule has 0 N–H and O–H groups in total. The normalized spacial score (nSPS) is 14.3. The summed E-state index contributed by atoms with van der Waals surface area (Å²) in [5, 5.41) is 8.80. The fourth-order valence-corrected chi connectivity index (χ4v) is 2.71. The molecule has 122 valence electrons. The van der Waals surface area contributed by atoms with Gasteiger partial charge in [-0.05, 0) is 29.8 Å². The average Bonchev–Trinajstić information content (AvgIpc) is 2.64. The van der Waals surface area contributed by atoms with Crippen LogP contribution in [0, 0.1) is 17.1 Å². The number of halogens is 1. The second-order valence-electron chi connectivity index (χ2n) is 5.69. The van der Waals surface area contributed by atoms with Crippen LogP contribution in [0.25, 0.3) is 0 Å². The average molecular weight is 324 g/mol. The van der Waals surface area contributed by atoms with Gasteiger partial charge in [0.25, 0.3) is 0 Å². The molecule has 1 aromatic carbocycles. The van der Waals surface area contributed by atoms with Gasteiger partial charge in [-0.2, -0.15) is 5.26 Å². The molecule has 1 fully saturated rings. The van der Waals surface area contributed by atoms with Gasteiger partial charge in [0.2, 0.25) is 5.91 Å². The maximum Gasteiger partial charge on any atom is 0.227 e. The summed E-state index contributed by atoms with van der Waals surface area (Å²) < 4.78 is 12.9. The second kappa shape index (κ2) is 7.09. The lowest BCUT2D eigenvalue weighted by molar-refractivity contribution is -0.130. The molecule has 0 saturated carbocycles. The number of pyridine rings is 1. The number of nitriles is 1. The predicted molar refractivity (Wildman–Crippen MR) is 87.8 cm³/mol. The van der Waals surface area contributed by atoms with Crippen LogP contribution in [0.2, 0.25) is 0 Å². The molecule has 0 aliphatic carbocycles. The Morgan fingerprint density at radius 1 is 1.12 bits per heavy atom. The van der Waals surface area contributed by atoms with Gasteiger partial charge in [0.15, 0.2) is 0 Å². The first-order valence-corrected chi connectivity index (χ1v) is 7.79. The van der Waals surface area contributed by atoms with E-state index in [-0.39, 0.29) is 18.1 Å². The number of carbonyl (C=O) groups excluding carboxylic acids is 1. The molecule has 1 aliphatic rings. The number of benzene rings is 1. The van der Waals surface area contributed by atoms with Crippen molar-refractivity contribution in [2.45, 2.75) is 6.42 Å². The third-order valence-corrected chi connectivity index (χ3v) is 4.10. The van der Waals surface area contributed by atoms with Gasteiger partial charge < -0.3 is 9.80 Å². The predicted octanol–water partition coefficient (Wildman–Crippen LogP) is 1.98. The number of rotatable bonds is 3. The molecular formula is C18H17FN4O. The third-order valence-electron chi connectivity index (χ3n) is 4.10. The van der Waals surface area contributed by atoms with E-state index in [0.29, 0.717) is 31.7 Å². The molecule has 24 heavy (non-hydrogen) atoms. The zero-order valence-electron chi connectivity index (χ0n) is 13.2. The number of nitrogens with zero attached hydrogens (tertiary/aromatic N) is 4. The highest BCUT2D eigenvalue weighted by atomic mass is 19.1. The van der Waals surface area contributed by atoms with Crippen molar-refractivity contribution in [2.75, 3.05) is 31.1 Å². The molecule has 0 unspecified atom stereocenters. The van der Waals surface area contributed by atoms with E-state index in [2.05, 4.69) is 9.88 Å². The molecule has 2 heterocycles. The maximum atomic E-state index is 12.9. The summed E-state index contributed by atoms with van der Waals surface area (Å²) in [4.78, 5) is 20.5. The van der Waals surface area contributed by atoms with Crippen LogP contribution in [-0.2, 0) is 11.2 Å². The van der Waals surface area contributed by atoms with Crippen molar-refractivity contribution in [1.29, 1.82) is 5.26 Å². The van der Waals surface area contributed by atoms with Gasteiger partial charge in [-0.3, -0.25) is 4.79 Å². The van der Waals surface area contributed by atoms with Gasteiger partial charge in [-0.15, -0.1) is 0 Å². The summed E-state index contributed by atoms with van der Waals surface area (Å²) >= 11 is 0. The quantitative estimate of drug-likeness (QED) is 0.866. The molecule has 0 spiro atoms. The molecule has 0 bridgehead atoms. The van der Waals surface area contributed by atoms with Crippen molar-refractivity contribution in [2.24, 2.45) is 0 Å². The van der Waals surface area contributed by atoms with Gasteiger partial charge in [0.1, 0.15) is 17.7 Å². The van der Waals surface area contributed by atoms with Gasteiger partial charge in [-0.1, -0.05) is 12.1 Å². The SMILES string of the molecule is N#Cc1ccc(N2CCN(C(=O)Cc3ccc(F)cc3)CC2)nc1. The molecule has 1 amide bonds. The van der Waals surface area contributed by atoms with Gasteiger partial charge in [0.05, 0.1) is 12.0 Å². The molecule has 0 radical (unpaired) electrons. The van der Waals surface area contributed by atoms with Gasteiger partial charge >= 0.3 is 0 Å². The number of hydrogen-bond acceptors (Lipinski definition) is 4. The van der Waals surface area contributed by atoms with Crippen molar-refractivity contribution >= 4 is 11.7 Å². The summed E-state index contributed by atoms with van der Waals surface area (Å²) in [7, 11) is 0. The van der Waals surface area contributed by atoms with Crippen LogP contribution in [0.5, 0.6) is 0 Å². The van der Waals surface area contributed by atoms with Crippen molar-refractivity contribution < 1.29 is 9.18 Å². The first-order chi connectivity index (χ1) is 11.7. The van der Waals surface area contributed by atoms with Crippen molar-refractivity contribution in [3.8, 4) is 6.07 Å². The van der Waals surface area contributed by atoms with Crippen LogP contribution in [0.1, 0.15) is 11.1 Å². The summed E-state index contributed by atoms with van der Waals surface area (Å²) in [6.45, 7) is 2.66. The Hall–Kier alpha value is -2.94. The van der Waals surface area contributed by atoms with Gasteiger partial charge in [-0.25, -0.2) is 9.37 Å². The fourth-order valence-electron chi connectivity index (χ4n) is 2.71. The molecule has 1 aliphatic heterocycles. The van der Waals surface area contributed by atoms with Crippen LogP contribution in [-0.4, -0.2) is 42.0 Å². The summed E-state index contributed by atoms with van der Waals surface area (Å²) in [6, 6.07) is 11.7. The standard InChI is InChI=1S/C18H17FN4O/c19-16-4-1-14(2-5-16)11-18(24)23-9-7-22(8-10-23)17-6-3-15(12-20)13-21-17/h1-6,13H,7-11H2. The molecule has 3 rings (SSSR count). The molecule has 1 aromatic heterocycles. The van der Waals surface area contributed by atoms with Crippen molar-refractivity contribution in [1.82, 2.24) is 9.88 Å². The summed E-state index contributed by atoms with van der Waals surface area (Å²) in [5.74, 6) is 0.573. The van der Waals surface area contributed by atoms with Gasteiger partial charge in [0, 0.05) is 32.4 Å². The Bertz CT molecular complexity index is 744. The molecule has 0 atom stereocenters. The Morgan fingerprint density at radius 3 is 2.42 bits per heavy atom. The third kappa shape index (κ3) is 3.69. The van der Waals surface area contributed by atoms with Crippen LogP contribution < -0.4 is 4.90 Å². The largest absolute Gasteiger partial charge is 0.353 e. The van der Waals surface area contributed by atoms with E-state index in [1.54, 1.807) is 24.4 Å². The molecular weight excluding hydrogens is 307 g/mol. The zero-order chi connectivity index (χ0) is 16.9. The van der Waals surface area contributed by atoms with Crippen LogP contribution >= 0.6 is 0 Å². The molecule has 2 aromatic rings. The van der Waals surface area contributed by atoms with E-state index in [1.807, 2.05) is 17.0 Å². The topological polar surface area (TPSA) is 60.2 Å². The lowest BCUT2D eigenvalue weighted by Gasteiger charge is -2.35. The van der Waals surface area contributed by atoms with Crippen LogP contribution in [0.15, 0.2) is 42.6 Å². The maximum absolute atomic E-state index is 12.9. The minimum absolute atomic E-state index is 0.0500. The number of aromatic nitrogens is 1. The molecule has 1 saturated heterocycles. The number of amides is 1. The summed E-state index contributed by atoms with van der Waals surface area (Å²) in [5.41, 5.74) is 1.35. The summed E-state index contributed by atoms with van der Waals surface area (Å²) in [6.07, 6.45) is 1.84. The van der Waals surface area contributed by atoms with E-state index in [0.717, 1.165) is 11.4 Å². The lowest BCUT2D eigenvalue weighted by atomic mass is 10.1. The van der Waals surface area contributed by atoms with E-state index >= 15 is 0 Å². The second-order valence-corrected chi connectivity index (χ2v) is 5.69. The minimum Gasteiger partial charge on any atom is -0.353 e. The van der Waals surface area contributed by atoms with Crippen LogP contribution in [0.3, 0.4) is 0 Å².